The van der Waals surface area contributed by atoms with Gasteiger partial charge < -0.3 is 15.2 Å². The van der Waals surface area contributed by atoms with Crippen molar-refractivity contribution >= 4 is 44.3 Å². The molecular weight excluding hydrogens is 478 g/mol. The van der Waals surface area contributed by atoms with E-state index in [1.54, 1.807) is 11.9 Å². The predicted octanol–water partition coefficient (Wildman–Crippen LogP) is 5.17. The largest absolute Gasteiger partial charge is 0.358 e. The number of benzene rings is 3. The highest BCUT2D eigenvalue weighted by Crippen LogP contribution is 2.23. The Bertz CT molecular complexity index is 1270. The first-order chi connectivity index (χ1) is 15.9. The summed E-state index contributed by atoms with van der Waals surface area (Å²) in [6.45, 7) is 1.97. The number of H-pyrrole nitrogens is 1. The minimum atomic E-state index is -0.681. The average Bonchev–Trinajstić information content (AvgIpc) is 3.13. The van der Waals surface area contributed by atoms with Crippen LogP contribution in [0.2, 0.25) is 0 Å². The fourth-order valence-corrected chi connectivity index (χ4v) is 4.31. The molecule has 168 valence electrons. The van der Waals surface area contributed by atoms with Crippen LogP contribution in [0.3, 0.4) is 0 Å². The van der Waals surface area contributed by atoms with Crippen molar-refractivity contribution in [3.63, 3.8) is 0 Å². The van der Waals surface area contributed by atoms with E-state index in [0.29, 0.717) is 6.42 Å². The van der Waals surface area contributed by atoms with Gasteiger partial charge in [0.15, 0.2) is 0 Å². The number of nitrogens with one attached hydrogen (secondary N) is 2. The average molecular weight is 504 g/mol. The van der Waals surface area contributed by atoms with Crippen molar-refractivity contribution in [1.82, 2.24) is 10.3 Å². The van der Waals surface area contributed by atoms with E-state index in [-0.39, 0.29) is 18.2 Å². The molecule has 0 saturated carbocycles. The molecule has 4 aromatic rings. The van der Waals surface area contributed by atoms with Crippen molar-refractivity contribution in [2.45, 2.75) is 25.8 Å². The van der Waals surface area contributed by atoms with Crippen LogP contribution >= 0.6 is 15.9 Å². The Balaban J connectivity index is 1.56. The van der Waals surface area contributed by atoms with Gasteiger partial charge in [0.1, 0.15) is 6.04 Å². The van der Waals surface area contributed by atoms with Gasteiger partial charge in [-0.1, -0.05) is 64.5 Å². The van der Waals surface area contributed by atoms with Gasteiger partial charge in [0.25, 0.3) is 0 Å². The van der Waals surface area contributed by atoms with Crippen LogP contribution < -0.4 is 10.2 Å². The number of anilines is 1. The quantitative estimate of drug-likeness (QED) is 0.365. The summed E-state index contributed by atoms with van der Waals surface area (Å²) in [5.41, 5.74) is 4.68. The number of hydrogen-bond acceptors (Lipinski definition) is 2. The van der Waals surface area contributed by atoms with Gasteiger partial charge in [-0.2, -0.15) is 0 Å². The van der Waals surface area contributed by atoms with Gasteiger partial charge in [0, 0.05) is 40.2 Å². The van der Waals surface area contributed by atoms with E-state index in [1.807, 2.05) is 85.8 Å². The Labute approximate surface area is 201 Å². The second-order valence-corrected chi connectivity index (χ2v) is 9.05. The molecule has 0 spiro atoms. The topological polar surface area (TPSA) is 65.2 Å². The molecule has 0 unspecified atom stereocenters. The molecular formula is C27H26BrN3O2. The van der Waals surface area contributed by atoms with E-state index >= 15 is 0 Å². The maximum atomic E-state index is 13.4. The molecule has 2 N–H and O–H groups in total. The molecule has 33 heavy (non-hydrogen) atoms. The van der Waals surface area contributed by atoms with Crippen LogP contribution in [-0.2, 0) is 22.4 Å². The highest BCUT2D eigenvalue weighted by atomic mass is 79.9. The van der Waals surface area contributed by atoms with Crippen LogP contribution in [0.25, 0.3) is 10.9 Å². The van der Waals surface area contributed by atoms with Gasteiger partial charge >= 0.3 is 0 Å². The molecule has 1 atom stereocenters. The van der Waals surface area contributed by atoms with E-state index in [4.69, 9.17) is 0 Å². The molecule has 2 amide bonds. The zero-order valence-electron chi connectivity index (χ0n) is 18.6. The lowest BCUT2D eigenvalue weighted by molar-refractivity contribution is -0.127. The second-order valence-electron chi connectivity index (χ2n) is 8.13. The number of carbonyl (C=O) groups excluding carboxylic acids is 2. The van der Waals surface area contributed by atoms with Crippen molar-refractivity contribution < 1.29 is 9.59 Å². The summed E-state index contributed by atoms with van der Waals surface area (Å²) in [6, 6.07) is 24.5. The number of aromatic amines is 1. The fourth-order valence-electron chi connectivity index (χ4n) is 4.04. The zero-order chi connectivity index (χ0) is 23.4. The molecule has 1 aromatic heterocycles. The molecule has 6 heteroatoms. The molecule has 0 bridgehead atoms. The number of carbonyl (C=O) groups is 2. The van der Waals surface area contributed by atoms with Crippen LogP contribution in [0.4, 0.5) is 5.69 Å². The summed E-state index contributed by atoms with van der Waals surface area (Å²) in [7, 11) is 1.74. The number of nitrogens with zero attached hydrogens (tertiary/aromatic N) is 1. The third-order valence-corrected chi connectivity index (χ3v) is 6.35. The molecule has 1 heterocycles. The minimum Gasteiger partial charge on any atom is -0.358 e. The van der Waals surface area contributed by atoms with Crippen molar-refractivity contribution in [3.8, 4) is 0 Å². The standard InChI is InChI=1S/C27H26BrN3O2/c1-18-23(22-10-6-7-11-24(22)29-18)17-26(32)30-25(16-19-8-4-3-5-9-19)27(33)31(2)21-14-12-20(28)13-15-21/h3-15,25,29H,16-17H2,1-2H3,(H,30,32)/t25-/m0/s1. The first-order valence-electron chi connectivity index (χ1n) is 10.8. The van der Waals surface area contributed by atoms with E-state index < -0.39 is 6.04 Å². The van der Waals surface area contributed by atoms with Crippen molar-refractivity contribution in [1.29, 1.82) is 0 Å². The molecule has 0 fully saturated rings. The van der Waals surface area contributed by atoms with Crippen molar-refractivity contribution in [2.24, 2.45) is 0 Å². The van der Waals surface area contributed by atoms with Gasteiger partial charge in [0.2, 0.25) is 11.8 Å². The molecule has 0 aliphatic heterocycles. The van der Waals surface area contributed by atoms with Gasteiger partial charge in [0.05, 0.1) is 6.42 Å². The number of amides is 2. The Morgan fingerprint density at radius 3 is 2.36 bits per heavy atom. The number of aryl methyl sites for hydroxylation is 1. The molecule has 0 aliphatic rings. The van der Waals surface area contributed by atoms with Crippen LogP contribution in [0.15, 0.2) is 83.3 Å². The molecule has 5 nitrogen and oxygen atoms in total. The number of halogens is 1. The summed E-state index contributed by atoms with van der Waals surface area (Å²) in [4.78, 5) is 31.5. The highest BCUT2D eigenvalue weighted by molar-refractivity contribution is 9.10. The summed E-state index contributed by atoms with van der Waals surface area (Å²) in [6.07, 6.45) is 0.621. The number of likely N-dealkylation sites (N-methyl/N-ethyl adjacent to an activating group) is 1. The number of para-hydroxylation sites is 1. The van der Waals surface area contributed by atoms with Crippen LogP contribution in [0.1, 0.15) is 16.8 Å². The van der Waals surface area contributed by atoms with E-state index in [1.165, 1.54) is 0 Å². The predicted molar refractivity (Wildman–Crippen MR) is 136 cm³/mol. The fraction of sp³-hybridized carbons (Fsp3) is 0.185. The third kappa shape index (κ3) is 5.34. The lowest BCUT2D eigenvalue weighted by Gasteiger charge is -2.25. The van der Waals surface area contributed by atoms with Crippen LogP contribution in [-0.4, -0.2) is 29.9 Å². The first kappa shape index (κ1) is 22.8. The maximum absolute atomic E-state index is 13.4. The van der Waals surface area contributed by atoms with E-state index in [9.17, 15) is 9.59 Å². The second kappa shape index (κ2) is 10.0. The summed E-state index contributed by atoms with van der Waals surface area (Å²) in [5.74, 6) is -0.341. The Morgan fingerprint density at radius 1 is 0.970 bits per heavy atom. The summed E-state index contributed by atoms with van der Waals surface area (Å²) < 4.78 is 0.940. The first-order valence-corrected chi connectivity index (χ1v) is 11.6. The molecule has 0 radical (unpaired) electrons. The summed E-state index contributed by atoms with van der Waals surface area (Å²) >= 11 is 3.43. The third-order valence-electron chi connectivity index (χ3n) is 5.82. The minimum absolute atomic E-state index is 0.162. The molecule has 0 saturated heterocycles. The van der Waals surface area contributed by atoms with Gasteiger partial charge in [-0.25, -0.2) is 0 Å². The van der Waals surface area contributed by atoms with E-state index in [0.717, 1.165) is 37.9 Å². The van der Waals surface area contributed by atoms with Crippen molar-refractivity contribution in [2.75, 3.05) is 11.9 Å². The van der Waals surface area contributed by atoms with Crippen molar-refractivity contribution in [3.05, 3.63) is 100 Å². The van der Waals surface area contributed by atoms with Gasteiger partial charge in [-0.3, -0.25) is 9.59 Å². The normalized spacial score (nSPS) is 11.8. The highest BCUT2D eigenvalue weighted by Gasteiger charge is 2.26. The number of aromatic nitrogens is 1. The smallest absolute Gasteiger partial charge is 0.249 e. The molecule has 4 rings (SSSR count). The lowest BCUT2D eigenvalue weighted by atomic mass is 10.0. The lowest BCUT2D eigenvalue weighted by Crippen LogP contribution is -2.49. The molecule has 3 aromatic carbocycles. The van der Waals surface area contributed by atoms with Gasteiger partial charge in [-0.15, -0.1) is 0 Å². The van der Waals surface area contributed by atoms with Gasteiger partial charge in [-0.05, 0) is 48.4 Å². The van der Waals surface area contributed by atoms with Crippen LogP contribution in [0.5, 0.6) is 0 Å². The monoisotopic (exact) mass is 503 g/mol. The van der Waals surface area contributed by atoms with Crippen LogP contribution in [0, 0.1) is 6.92 Å². The Hall–Kier alpha value is -3.38. The zero-order valence-corrected chi connectivity index (χ0v) is 20.2. The number of hydrogen-bond donors (Lipinski definition) is 2. The Morgan fingerprint density at radius 2 is 1.64 bits per heavy atom. The Kier molecular flexibility index (Phi) is 6.94. The van der Waals surface area contributed by atoms with E-state index in [2.05, 4.69) is 26.2 Å². The number of fused-ring (bicyclic) bond motifs is 1. The maximum Gasteiger partial charge on any atom is 0.249 e. The SMILES string of the molecule is Cc1[nH]c2ccccc2c1CC(=O)N[C@@H](Cc1ccccc1)C(=O)N(C)c1ccc(Br)cc1. The molecule has 0 aliphatic carbocycles. The number of rotatable bonds is 7. The summed E-state index contributed by atoms with van der Waals surface area (Å²) in [5, 5.41) is 4.03.